The Labute approximate surface area is 157 Å². The fourth-order valence-electron chi connectivity index (χ4n) is 3.27. The van der Waals surface area contributed by atoms with Crippen LogP contribution in [0.1, 0.15) is 16.1 Å². The third-order valence-electron chi connectivity index (χ3n) is 4.69. The van der Waals surface area contributed by atoms with Gasteiger partial charge in [-0.05, 0) is 42.6 Å². The van der Waals surface area contributed by atoms with Crippen molar-refractivity contribution < 1.29 is 9.53 Å². The normalized spacial score (nSPS) is 15.4. The van der Waals surface area contributed by atoms with Gasteiger partial charge in [0.2, 0.25) is 0 Å². The third kappa shape index (κ3) is 3.82. The van der Waals surface area contributed by atoms with E-state index >= 15 is 0 Å². The van der Waals surface area contributed by atoms with Crippen LogP contribution in [0.3, 0.4) is 0 Å². The van der Waals surface area contributed by atoms with Gasteiger partial charge in [0.05, 0.1) is 23.6 Å². The second kappa shape index (κ2) is 8.03. The van der Waals surface area contributed by atoms with Crippen LogP contribution >= 0.6 is 11.3 Å². The number of rotatable bonds is 6. The van der Waals surface area contributed by atoms with E-state index in [-0.39, 0.29) is 5.91 Å². The van der Waals surface area contributed by atoms with Crippen molar-refractivity contribution >= 4 is 28.1 Å². The summed E-state index contributed by atoms with van der Waals surface area (Å²) in [5.41, 5.74) is 1.16. The van der Waals surface area contributed by atoms with Gasteiger partial charge >= 0.3 is 0 Å². The van der Waals surface area contributed by atoms with Crippen molar-refractivity contribution in [3.8, 4) is 5.00 Å². The average molecular weight is 369 g/mol. The van der Waals surface area contributed by atoms with E-state index in [9.17, 15) is 4.79 Å². The van der Waals surface area contributed by atoms with E-state index in [1.54, 1.807) is 0 Å². The Morgan fingerprint density at radius 2 is 1.96 bits per heavy atom. The highest BCUT2D eigenvalue weighted by molar-refractivity contribution is 7.16. The minimum atomic E-state index is 0.0136. The first-order valence-corrected chi connectivity index (χ1v) is 9.87. The molecule has 0 saturated carbocycles. The lowest BCUT2D eigenvalue weighted by atomic mass is 10.2. The van der Waals surface area contributed by atoms with Crippen LogP contribution in [0.25, 0.3) is 15.9 Å². The van der Waals surface area contributed by atoms with Gasteiger partial charge in [-0.25, -0.2) is 0 Å². The van der Waals surface area contributed by atoms with Crippen molar-refractivity contribution in [3.63, 3.8) is 0 Å². The molecule has 0 radical (unpaired) electrons. The standard InChI is InChI=1S/C20H23N3O2S/c24-20(21-9-3-10-22-12-14-25-15-13-22)18-6-7-19(26-18)23-11-8-16-4-1-2-5-17(16)23/h1-2,4-8,11H,3,9-10,12-15H2,(H,21,24). The highest BCUT2D eigenvalue weighted by atomic mass is 32.1. The van der Waals surface area contributed by atoms with Crippen molar-refractivity contribution in [1.29, 1.82) is 0 Å². The lowest BCUT2D eigenvalue weighted by Crippen LogP contribution is -2.38. The second-order valence-electron chi connectivity index (χ2n) is 6.45. The number of carbonyl (C=O) groups excluding carboxylic acids is 1. The zero-order valence-corrected chi connectivity index (χ0v) is 15.5. The Balaban J connectivity index is 1.33. The number of morpholine rings is 1. The fraction of sp³-hybridized carbons (Fsp3) is 0.350. The summed E-state index contributed by atoms with van der Waals surface area (Å²) in [7, 11) is 0. The Hall–Kier alpha value is -2.15. The lowest BCUT2D eigenvalue weighted by Gasteiger charge is -2.26. The molecule has 0 aliphatic carbocycles. The predicted octanol–water partition coefficient (Wildman–Crippen LogP) is 3.14. The van der Waals surface area contributed by atoms with Gasteiger partial charge in [0.1, 0.15) is 5.00 Å². The molecule has 6 heteroatoms. The Morgan fingerprint density at radius 1 is 1.12 bits per heavy atom. The second-order valence-corrected chi connectivity index (χ2v) is 7.51. The number of nitrogens with zero attached hydrogens (tertiary/aromatic N) is 2. The number of para-hydroxylation sites is 1. The number of ether oxygens (including phenoxy) is 1. The molecule has 1 fully saturated rings. The van der Waals surface area contributed by atoms with Crippen LogP contribution in [0.2, 0.25) is 0 Å². The summed E-state index contributed by atoms with van der Waals surface area (Å²) in [6.45, 7) is 5.33. The summed E-state index contributed by atoms with van der Waals surface area (Å²) in [5.74, 6) is 0.0136. The van der Waals surface area contributed by atoms with E-state index < -0.39 is 0 Å². The molecule has 136 valence electrons. The van der Waals surface area contributed by atoms with E-state index in [1.165, 1.54) is 16.7 Å². The van der Waals surface area contributed by atoms with E-state index in [0.717, 1.165) is 54.7 Å². The molecule has 3 aromatic rings. The number of aromatic nitrogens is 1. The zero-order chi connectivity index (χ0) is 17.8. The number of thiophene rings is 1. The van der Waals surface area contributed by atoms with Crippen LogP contribution in [-0.4, -0.2) is 54.8 Å². The molecular weight excluding hydrogens is 346 g/mol. The Morgan fingerprint density at radius 3 is 2.85 bits per heavy atom. The first-order valence-electron chi connectivity index (χ1n) is 9.06. The molecule has 1 aromatic carbocycles. The smallest absolute Gasteiger partial charge is 0.261 e. The van der Waals surface area contributed by atoms with Crippen LogP contribution in [0, 0.1) is 0 Å². The van der Waals surface area contributed by atoms with Gasteiger partial charge in [0.25, 0.3) is 5.91 Å². The predicted molar refractivity (Wildman–Crippen MR) is 105 cm³/mol. The summed E-state index contributed by atoms with van der Waals surface area (Å²) in [6.07, 6.45) is 3.02. The van der Waals surface area contributed by atoms with Crippen LogP contribution < -0.4 is 5.32 Å². The van der Waals surface area contributed by atoms with Crippen molar-refractivity contribution in [2.24, 2.45) is 0 Å². The van der Waals surface area contributed by atoms with Crippen LogP contribution in [0.4, 0.5) is 0 Å². The summed E-state index contributed by atoms with van der Waals surface area (Å²) < 4.78 is 7.48. The minimum Gasteiger partial charge on any atom is -0.379 e. The summed E-state index contributed by atoms with van der Waals surface area (Å²) in [4.78, 5) is 15.5. The van der Waals surface area contributed by atoms with Crippen molar-refractivity contribution in [1.82, 2.24) is 14.8 Å². The number of hydrogen-bond donors (Lipinski definition) is 1. The first kappa shape index (κ1) is 17.3. The van der Waals surface area contributed by atoms with Gasteiger partial charge in [0, 0.05) is 25.8 Å². The van der Waals surface area contributed by atoms with Gasteiger partial charge in [-0.2, -0.15) is 0 Å². The molecule has 1 aliphatic rings. The van der Waals surface area contributed by atoms with E-state index in [2.05, 4.69) is 39.2 Å². The van der Waals surface area contributed by atoms with Crippen LogP contribution in [-0.2, 0) is 4.74 Å². The van der Waals surface area contributed by atoms with Crippen molar-refractivity contribution in [3.05, 3.63) is 53.5 Å². The average Bonchev–Trinajstić information content (AvgIpc) is 3.33. The van der Waals surface area contributed by atoms with Gasteiger partial charge in [0.15, 0.2) is 0 Å². The number of nitrogens with one attached hydrogen (secondary N) is 1. The maximum Gasteiger partial charge on any atom is 0.261 e. The van der Waals surface area contributed by atoms with Crippen LogP contribution in [0.5, 0.6) is 0 Å². The number of carbonyl (C=O) groups is 1. The van der Waals surface area contributed by atoms with Crippen molar-refractivity contribution in [2.45, 2.75) is 6.42 Å². The molecule has 5 nitrogen and oxygen atoms in total. The number of amides is 1. The molecule has 26 heavy (non-hydrogen) atoms. The SMILES string of the molecule is O=C(NCCCN1CCOCC1)c1ccc(-n2ccc3ccccc32)s1. The molecule has 1 aliphatic heterocycles. The molecule has 4 rings (SSSR count). The van der Waals surface area contributed by atoms with Gasteiger partial charge < -0.3 is 14.6 Å². The highest BCUT2D eigenvalue weighted by Gasteiger charge is 2.12. The molecule has 2 aromatic heterocycles. The van der Waals surface area contributed by atoms with E-state index in [4.69, 9.17) is 4.74 Å². The first-order chi connectivity index (χ1) is 12.8. The fourth-order valence-corrected chi connectivity index (χ4v) is 4.19. The number of hydrogen-bond acceptors (Lipinski definition) is 4. The molecule has 1 amide bonds. The maximum atomic E-state index is 12.4. The molecule has 1 saturated heterocycles. The molecular formula is C20H23N3O2S. The molecule has 0 atom stereocenters. The Bertz CT molecular complexity index is 880. The van der Waals surface area contributed by atoms with Crippen LogP contribution in [0.15, 0.2) is 48.7 Å². The molecule has 1 N–H and O–H groups in total. The molecule has 0 unspecified atom stereocenters. The minimum absolute atomic E-state index is 0.0136. The zero-order valence-electron chi connectivity index (χ0n) is 14.7. The number of fused-ring (bicyclic) bond motifs is 1. The van der Waals surface area contributed by atoms with E-state index in [1.807, 2.05) is 24.3 Å². The third-order valence-corrected chi connectivity index (χ3v) is 5.78. The quantitative estimate of drug-likeness (QED) is 0.679. The van der Waals surface area contributed by atoms with Gasteiger partial charge in [-0.1, -0.05) is 18.2 Å². The molecule has 3 heterocycles. The maximum absolute atomic E-state index is 12.4. The van der Waals surface area contributed by atoms with Gasteiger partial charge in [-0.3, -0.25) is 9.69 Å². The largest absolute Gasteiger partial charge is 0.379 e. The summed E-state index contributed by atoms with van der Waals surface area (Å²) >= 11 is 1.52. The molecule has 0 spiro atoms. The number of benzene rings is 1. The monoisotopic (exact) mass is 369 g/mol. The van der Waals surface area contributed by atoms with E-state index in [0.29, 0.717) is 6.54 Å². The Kier molecular flexibility index (Phi) is 5.34. The van der Waals surface area contributed by atoms with Crippen molar-refractivity contribution in [2.75, 3.05) is 39.4 Å². The summed E-state index contributed by atoms with van der Waals surface area (Å²) in [5, 5.41) is 5.30. The summed E-state index contributed by atoms with van der Waals surface area (Å²) in [6, 6.07) is 14.3. The molecule has 0 bridgehead atoms. The highest BCUT2D eigenvalue weighted by Crippen LogP contribution is 2.26. The van der Waals surface area contributed by atoms with Gasteiger partial charge in [-0.15, -0.1) is 11.3 Å². The topological polar surface area (TPSA) is 46.5 Å². The lowest BCUT2D eigenvalue weighted by molar-refractivity contribution is 0.0374.